The highest BCUT2D eigenvalue weighted by Gasteiger charge is 2.33. The molecule has 0 amide bonds. The van der Waals surface area contributed by atoms with Gasteiger partial charge in [-0.05, 0) is 17.7 Å². The lowest BCUT2D eigenvalue weighted by Gasteiger charge is -2.15. The van der Waals surface area contributed by atoms with Crippen LogP contribution in [-0.2, 0) is 6.18 Å². The Kier molecular flexibility index (Phi) is 7.32. The van der Waals surface area contributed by atoms with E-state index in [-0.39, 0.29) is 12.5 Å². The van der Waals surface area contributed by atoms with E-state index in [0.717, 1.165) is 11.6 Å². The van der Waals surface area contributed by atoms with Crippen LogP contribution in [0.3, 0.4) is 0 Å². The first-order valence-electron chi connectivity index (χ1n) is 9.45. The molecule has 5 N–H and O–H groups in total. The molecule has 0 bridgehead atoms. The van der Waals surface area contributed by atoms with Gasteiger partial charge in [0.05, 0.1) is 22.4 Å². The molecular weight excluding hydrogens is 431 g/mol. The molecule has 0 aliphatic carbocycles. The Balaban J connectivity index is 1.87. The van der Waals surface area contributed by atoms with Crippen LogP contribution >= 0.6 is 11.6 Å². The number of aliphatic hydroxyl groups is 1. The minimum Gasteiger partial charge on any atom is -0.387 e. The van der Waals surface area contributed by atoms with Crippen LogP contribution in [-0.4, -0.2) is 34.7 Å². The summed E-state index contributed by atoms with van der Waals surface area (Å²) < 4.78 is 39.0. The van der Waals surface area contributed by atoms with Crippen LogP contribution in [0.2, 0.25) is 5.02 Å². The van der Waals surface area contributed by atoms with Gasteiger partial charge in [0.2, 0.25) is 5.95 Å². The number of nitrogens with zero attached hydrogens (tertiary/aromatic N) is 2. The first kappa shape index (κ1) is 22.8. The number of hydrogen-bond acceptors (Lipinski definition) is 6. The smallest absolute Gasteiger partial charge is 0.387 e. The highest BCUT2D eigenvalue weighted by atomic mass is 35.5. The van der Waals surface area contributed by atoms with Crippen molar-refractivity contribution in [2.75, 3.05) is 30.3 Å². The number of nitrogens with one attached hydrogen (secondary N) is 2. The van der Waals surface area contributed by atoms with Gasteiger partial charge in [0, 0.05) is 31.3 Å². The van der Waals surface area contributed by atoms with Crippen LogP contribution < -0.4 is 16.4 Å². The molecule has 0 saturated heterocycles. The molecule has 2 aromatic carbocycles. The van der Waals surface area contributed by atoms with Crippen molar-refractivity contribution in [1.29, 1.82) is 0 Å². The number of benzene rings is 2. The van der Waals surface area contributed by atoms with E-state index in [0.29, 0.717) is 30.2 Å². The highest BCUT2D eigenvalue weighted by molar-refractivity contribution is 6.31. The lowest BCUT2D eigenvalue weighted by molar-refractivity contribution is -0.137. The molecule has 0 saturated carbocycles. The van der Waals surface area contributed by atoms with E-state index in [2.05, 4.69) is 20.6 Å². The molecule has 0 aliphatic heterocycles. The zero-order chi connectivity index (χ0) is 22.4. The van der Waals surface area contributed by atoms with Crippen molar-refractivity contribution < 1.29 is 18.3 Å². The second-order valence-electron chi connectivity index (χ2n) is 6.68. The second kappa shape index (κ2) is 9.95. The molecule has 1 atom stereocenters. The molecule has 0 unspecified atom stereocenters. The van der Waals surface area contributed by atoms with Gasteiger partial charge < -0.3 is 21.5 Å². The predicted molar refractivity (Wildman–Crippen MR) is 115 cm³/mol. The Morgan fingerprint density at radius 1 is 1.03 bits per heavy atom. The van der Waals surface area contributed by atoms with Gasteiger partial charge in [-0.3, -0.25) is 0 Å². The largest absolute Gasteiger partial charge is 0.417 e. The summed E-state index contributed by atoms with van der Waals surface area (Å²) in [5.74, 6) is 0.631. The number of nitrogens with two attached hydrogens (primary N) is 1. The summed E-state index contributed by atoms with van der Waals surface area (Å²) in [4.78, 5) is 8.67. The minimum atomic E-state index is -4.55. The molecule has 0 radical (unpaired) electrons. The van der Waals surface area contributed by atoms with Crippen LogP contribution in [0.4, 0.5) is 24.9 Å². The van der Waals surface area contributed by atoms with Crippen molar-refractivity contribution in [2.45, 2.75) is 12.3 Å². The van der Waals surface area contributed by atoms with Crippen molar-refractivity contribution in [3.63, 3.8) is 0 Å². The number of alkyl halides is 3. The summed E-state index contributed by atoms with van der Waals surface area (Å²) in [6.07, 6.45) is -5.32. The average Bonchev–Trinajstić information content (AvgIpc) is 2.75. The fourth-order valence-electron chi connectivity index (χ4n) is 2.85. The molecule has 6 nitrogen and oxygen atoms in total. The van der Waals surface area contributed by atoms with Crippen molar-refractivity contribution in [2.24, 2.45) is 5.73 Å². The van der Waals surface area contributed by atoms with Gasteiger partial charge in [-0.2, -0.15) is 18.2 Å². The summed E-state index contributed by atoms with van der Waals surface area (Å²) in [6, 6.07) is 14.1. The molecular formula is C21H21ClF3N5O. The number of anilines is 2. The maximum Gasteiger partial charge on any atom is 0.417 e. The van der Waals surface area contributed by atoms with Crippen LogP contribution in [0.5, 0.6) is 0 Å². The normalized spacial score (nSPS) is 12.5. The van der Waals surface area contributed by atoms with Crippen LogP contribution in [0, 0.1) is 0 Å². The molecule has 0 fully saturated rings. The van der Waals surface area contributed by atoms with Gasteiger partial charge in [-0.15, -0.1) is 0 Å². The van der Waals surface area contributed by atoms with E-state index in [9.17, 15) is 18.3 Å². The van der Waals surface area contributed by atoms with Crippen molar-refractivity contribution in [3.05, 3.63) is 70.7 Å². The zero-order valence-electron chi connectivity index (χ0n) is 16.3. The Morgan fingerprint density at radius 2 is 1.77 bits per heavy atom. The lowest BCUT2D eigenvalue weighted by Crippen LogP contribution is -2.17. The fourth-order valence-corrected chi connectivity index (χ4v) is 3.14. The van der Waals surface area contributed by atoms with Gasteiger partial charge in [-0.25, -0.2) is 4.98 Å². The van der Waals surface area contributed by atoms with Crippen LogP contribution in [0.1, 0.15) is 17.2 Å². The maximum absolute atomic E-state index is 13.0. The van der Waals surface area contributed by atoms with E-state index in [1.54, 1.807) is 18.2 Å². The third-order valence-electron chi connectivity index (χ3n) is 4.38. The van der Waals surface area contributed by atoms with E-state index >= 15 is 0 Å². The zero-order valence-corrected chi connectivity index (χ0v) is 17.1. The second-order valence-corrected chi connectivity index (χ2v) is 7.08. The molecule has 31 heavy (non-hydrogen) atoms. The van der Waals surface area contributed by atoms with Gasteiger partial charge in [0.15, 0.2) is 0 Å². The van der Waals surface area contributed by atoms with Crippen molar-refractivity contribution in [3.8, 4) is 11.3 Å². The molecule has 0 spiro atoms. The molecule has 3 aromatic rings. The number of aromatic nitrogens is 2. The van der Waals surface area contributed by atoms with Crippen molar-refractivity contribution in [1.82, 2.24) is 9.97 Å². The molecule has 10 heteroatoms. The van der Waals surface area contributed by atoms with Gasteiger partial charge in [0.25, 0.3) is 0 Å². The third-order valence-corrected chi connectivity index (χ3v) is 4.70. The summed E-state index contributed by atoms with van der Waals surface area (Å²) in [6.45, 7) is 0.920. The molecule has 1 aromatic heterocycles. The number of rotatable bonds is 8. The molecule has 1 heterocycles. The standard InChI is InChI=1S/C21H21ClF3N5O/c22-16-10-14(6-7-15(16)21(23,24)25)17-11-19(30-20(29-17)27-9-8-26)28-12-18(31)13-4-2-1-3-5-13/h1-7,10-11,18,31H,8-9,12,26H2,(H2,27,28,29,30)/t18-/m0/s1. The summed E-state index contributed by atoms with van der Waals surface area (Å²) in [7, 11) is 0. The number of hydrogen-bond donors (Lipinski definition) is 4. The first-order valence-corrected chi connectivity index (χ1v) is 9.82. The Morgan fingerprint density at radius 3 is 2.42 bits per heavy atom. The van der Waals surface area contributed by atoms with Gasteiger partial charge in [0.1, 0.15) is 5.82 Å². The number of halogens is 4. The Hall–Kier alpha value is -2.88. The topological polar surface area (TPSA) is 96.1 Å². The summed E-state index contributed by atoms with van der Waals surface area (Å²) in [5, 5.41) is 15.9. The van der Waals surface area contributed by atoms with E-state index in [1.807, 2.05) is 18.2 Å². The minimum absolute atomic E-state index is 0.171. The maximum atomic E-state index is 13.0. The quantitative estimate of drug-likeness (QED) is 0.407. The monoisotopic (exact) mass is 451 g/mol. The lowest BCUT2D eigenvalue weighted by atomic mass is 10.1. The predicted octanol–water partition coefficient (Wildman–Crippen LogP) is 4.33. The number of aliphatic hydroxyl groups excluding tert-OH is 1. The fraction of sp³-hybridized carbons (Fsp3) is 0.238. The Bertz CT molecular complexity index is 1020. The van der Waals surface area contributed by atoms with E-state index in [4.69, 9.17) is 17.3 Å². The third kappa shape index (κ3) is 6.06. The first-order chi connectivity index (χ1) is 14.8. The van der Waals surface area contributed by atoms with Crippen LogP contribution in [0.25, 0.3) is 11.3 Å². The highest BCUT2D eigenvalue weighted by Crippen LogP contribution is 2.36. The SMILES string of the molecule is NCCNc1nc(NC[C@H](O)c2ccccc2)cc(-c2ccc(C(F)(F)F)c(Cl)c2)n1. The van der Waals surface area contributed by atoms with E-state index < -0.39 is 22.9 Å². The Labute approximate surface area is 182 Å². The molecule has 164 valence electrons. The van der Waals surface area contributed by atoms with Crippen LogP contribution in [0.15, 0.2) is 54.6 Å². The summed E-state index contributed by atoms with van der Waals surface area (Å²) in [5.41, 5.74) is 6.08. The van der Waals surface area contributed by atoms with Gasteiger partial charge in [-0.1, -0.05) is 48.0 Å². The average molecular weight is 452 g/mol. The molecule has 3 rings (SSSR count). The van der Waals surface area contributed by atoms with Gasteiger partial charge >= 0.3 is 6.18 Å². The molecule has 0 aliphatic rings. The summed E-state index contributed by atoms with van der Waals surface area (Å²) >= 11 is 5.85. The van der Waals surface area contributed by atoms with Crippen molar-refractivity contribution >= 4 is 23.4 Å². The van der Waals surface area contributed by atoms with E-state index in [1.165, 1.54) is 12.1 Å².